The van der Waals surface area contributed by atoms with Crippen molar-refractivity contribution in [2.45, 2.75) is 20.4 Å². The Kier molecular flexibility index (Phi) is 4.82. The van der Waals surface area contributed by atoms with Gasteiger partial charge in [0, 0.05) is 25.6 Å². The van der Waals surface area contributed by atoms with Gasteiger partial charge in [-0.2, -0.15) is 11.3 Å². The zero-order chi connectivity index (χ0) is 13.7. The first-order chi connectivity index (χ1) is 9.13. The number of aliphatic imine (C=N–C) groups is 1. The summed E-state index contributed by atoms with van der Waals surface area (Å²) in [6.45, 7) is 8.57. The standard InChI is InChI=1S/C14H23N3OS/c1-4-15-13(16-9-14(2)10-18-11-14)17(3)7-12-5-6-19-8-12/h5-6,8H,4,7,9-11H2,1-3H3,(H,15,16). The highest BCUT2D eigenvalue weighted by molar-refractivity contribution is 7.07. The number of rotatable bonds is 5. The van der Waals surface area contributed by atoms with Crippen molar-refractivity contribution in [3.8, 4) is 0 Å². The molecular weight excluding hydrogens is 258 g/mol. The molecule has 2 heterocycles. The average Bonchev–Trinajstić information content (AvgIpc) is 2.84. The first-order valence-corrected chi connectivity index (χ1v) is 7.65. The Bertz CT molecular complexity index is 412. The van der Waals surface area contributed by atoms with E-state index in [-0.39, 0.29) is 5.41 Å². The van der Waals surface area contributed by atoms with Crippen LogP contribution in [0.1, 0.15) is 19.4 Å². The lowest BCUT2D eigenvalue weighted by atomic mass is 9.89. The van der Waals surface area contributed by atoms with E-state index in [4.69, 9.17) is 9.73 Å². The van der Waals surface area contributed by atoms with Crippen LogP contribution in [0, 0.1) is 5.41 Å². The summed E-state index contributed by atoms with van der Waals surface area (Å²) in [5.41, 5.74) is 1.56. The van der Waals surface area contributed by atoms with Gasteiger partial charge in [0.05, 0.1) is 19.8 Å². The van der Waals surface area contributed by atoms with Crippen LogP contribution in [0.5, 0.6) is 0 Å². The highest BCUT2D eigenvalue weighted by Gasteiger charge is 2.33. The third kappa shape index (κ3) is 3.94. The van der Waals surface area contributed by atoms with Crippen molar-refractivity contribution >= 4 is 17.3 Å². The van der Waals surface area contributed by atoms with E-state index >= 15 is 0 Å². The third-order valence-corrected chi connectivity index (χ3v) is 3.94. The Hall–Kier alpha value is -1.07. The minimum absolute atomic E-state index is 0.226. The van der Waals surface area contributed by atoms with Crippen molar-refractivity contribution in [1.29, 1.82) is 0 Å². The summed E-state index contributed by atoms with van der Waals surface area (Å²) in [6, 6.07) is 2.16. The van der Waals surface area contributed by atoms with Crippen LogP contribution in [0.4, 0.5) is 0 Å². The SMILES string of the molecule is CCNC(=NCC1(C)COC1)N(C)Cc1ccsc1. The van der Waals surface area contributed by atoms with Crippen molar-refractivity contribution in [1.82, 2.24) is 10.2 Å². The molecule has 1 fully saturated rings. The predicted octanol–water partition coefficient (Wildman–Crippen LogP) is 2.18. The van der Waals surface area contributed by atoms with Gasteiger partial charge in [-0.3, -0.25) is 4.99 Å². The molecule has 4 nitrogen and oxygen atoms in total. The monoisotopic (exact) mass is 281 g/mol. The van der Waals surface area contributed by atoms with Gasteiger partial charge in [-0.15, -0.1) is 0 Å². The zero-order valence-electron chi connectivity index (χ0n) is 12.0. The van der Waals surface area contributed by atoms with E-state index in [1.807, 2.05) is 0 Å². The minimum Gasteiger partial charge on any atom is -0.380 e. The Balaban J connectivity index is 1.95. The number of hydrogen-bond acceptors (Lipinski definition) is 3. The minimum atomic E-state index is 0.226. The van der Waals surface area contributed by atoms with Gasteiger partial charge < -0.3 is 15.0 Å². The highest BCUT2D eigenvalue weighted by Crippen LogP contribution is 2.26. The number of nitrogens with zero attached hydrogens (tertiary/aromatic N) is 2. The molecule has 0 aliphatic carbocycles. The number of thiophene rings is 1. The Morgan fingerprint density at radius 3 is 2.89 bits per heavy atom. The fraction of sp³-hybridized carbons (Fsp3) is 0.643. The molecule has 0 amide bonds. The molecule has 1 N–H and O–H groups in total. The molecule has 1 aliphatic heterocycles. The Labute approximate surface area is 119 Å². The van der Waals surface area contributed by atoms with Gasteiger partial charge in [0.1, 0.15) is 0 Å². The smallest absolute Gasteiger partial charge is 0.193 e. The third-order valence-electron chi connectivity index (χ3n) is 3.21. The summed E-state index contributed by atoms with van der Waals surface area (Å²) in [7, 11) is 2.08. The molecule has 0 bridgehead atoms. The van der Waals surface area contributed by atoms with E-state index in [1.54, 1.807) is 11.3 Å². The van der Waals surface area contributed by atoms with Crippen LogP contribution in [0.3, 0.4) is 0 Å². The van der Waals surface area contributed by atoms with E-state index in [2.05, 4.69) is 47.9 Å². The molecule has 1 aromatic heterocycles. The van der Waals surface area contributed by atoms with Crippen molar-refractivity contribution in [3.05, 3.63) is 22.4 Å². The summed E-state index contributed by atoms with van der Waals surface area (Å²) in [6.07, 6.45) is 0. The van der Waals surface area contributed by atoms with E-state index in [1.165, 1.54) is 5.56 Å². The topological polar surface area (TPSA) is 36.9 Å². The second kappa shape index (κ2) is 6.39. The van der Waals surface area contributed by atoms with Crippen LogP contribution in [-0.4, -0.2) is 44.2 Å². The summed E-state index contributed by atoms with van der Waals surface area (Å²) < 4.78 is 5.27. The maximum atomic E-state index is 5.27. The van der Waals surface area contributed by atoms with Gasteiger partial charge in [-0.1, -0.05) is 6.92 Å². The van der Waals surface area contributed by atoms with Crippen LogP contribution in [0.25, 0.3) is 0 Å². The number of nitrogens with one attached hydrogen (secondary N) is 1. The molecule has 0 unspecified atom stereocenters. The molecular formula is C14H23N3OS. The molecule has 0 radical (unpaired) electrons. The summed E-state index contributed by atoms with van der Waals surface area (Å²) in [5.74, 6) is 0.974. The van der Waals surface area contributed by atoms with Crippen LogP contribution >= 0.6 is 11.3 Å². The van der Waals surface area contributed by atoms with Crippen LogP contribution < -0.4 is 5.32 Å². The van der Waals surface area contributed by atoms with Crippen molar-refractivity contribution < 1.29 is 4.74 Å². The quantitative estimate of drug-likeness (QED) is 0.664. The van der Waals surface area contributed by atoms with Gasteiger partial charge in [-0.25, -0.2) is 0 Å². The molecule has 0 spiro atoms. The molecule has 106 valence electrons. The second-order valence-corrected chi connectivity index (χ2v) is 6.24. The number of ether oxygens (including phenoxy) is 1. The van der Waals surface area contributed by atoms with Crippen molar-refractivity contribution in [2.75, 3.05) is 33.4 Å². The summed E-state index contributed by atoms with van der Waals surface area (Å²) in [4.78, 5) is 6.92. The molecule has 1 aliphatic rings. The molecule has 5 heteroatoms. The van der Waals surface area contributed by atoms with E-state index in [9.17, 15) is 0 Å². The van der Waals surface area contributed by atoms with Gasteiger partial charge in [0.15, 0.2) is 5.96 Å². The van der Waals surface area contributed by atoms with Crippen molar-refractivity contribution in [2.24, 2.45) is 10.4 Å². The van der Waals surface area contributed by atoms with E-state index in [0.717, 1.165) is 38.8 Å². The van der Waals surface area contributed by atoms with Crippen LogP contribution in [-0.2, 0) is 11.3 Å². The molecule has 1 aromatic rings. The van der Waals surface area contributed by atoms with E-state index in [0.29, 0.717) is 0 Å². The molecule has 0 aromatic carbocycles. The maximum absolute atomic E-state index is 5.27. The lowest BCUT2D eigenvalue weighted by Crippen LogP contribution is -2.44. The van der Waals surface area contributed by atoms with Gasteiger partial charge in [-0.05, 0) is 29.3 Å². The largest absolute Gasteiger partial charge is 0.380 e. The highest BCUT2D eigenvalue weighted by atomic mass is 32.1. The average molecular weight is 281 g/mol. The predicted molar refractivity (Wildman–Crippen MR) is 80.7 cm³/mol. The summed E-state index contributed by atoms with van der Waals surface area (Å²) in [5, 5.41) is 7.65. The van der Waals surface area contributed by atoms with E-state index < -0.39 is 0 Å². The second-order valence-electron chi connectivity index (χ2n) is 5.46. The molecule has 2 rings (SSSR count). The fourth-order valence-electron chi connectivity index (χ4n) is 2.01. The lowest BCUT2D eigenvalue weighted by molar-refractivity contribution is -0.0945. The first-order valence-electron chi connectivity index (χ1n) is 6.71. The molecule has 0 atom stereocenters. The van der Waals surface area contributed by atoms with Gasteiger partial charge in [0.2, 0.25) is 0 Å². The summed E-state index contributed by atoms with van der Waals surface area (Å²) >= 11 is 1.73. The number of hydrogen-bond donors (Lipinski definition) is 1. The lowest BCUT2D eigenvalue weighted by Gasteiger charge is -2.37. The fourth-order valence-corrected chi connectivity index (χ4v) is 2.67. The van der Waals surface area contributed by atoms with Gasteiger partial charge >= 0.3 is 0 Å². The Morgan fingerprint density at radius 1 is 1.58 bits per heavy atom. The van der Waals surface area contributed by atoms with Crippen molar-refractivity contribution in [3.63, 3.8) is 0 Å². The molecule has 0 saturated carbocycles. The van der Waals surface area contributed by atoms with Gasteiger partial charge in [0.25, 0.3) is 0 Å². The molecule has 1 saturated heterocycles. The van der Waals surface area contributed by atoms with Crippen LogP contribution in [0.15, 0.2) is 21.8 Å². The Morgan fingerprint density at radius 2 is 2.37 bits per heavy atom. The van der Waals surface area contributed by atoms with Crippen LogP contribution in [0.2, 0.25) is 0 Å². The molecule has 19 heavy (non-hydrogen) atoms. The zero-order valence-corrected chi connectivity index (χ0v) is 12.8. The number of guanidine groups is 1. The first kappa shape index (κ1) is 14.3. The normalized spacial score (nSPS) is 17.9. The maximum Gasteiger partial charge on any atom is 0.193 e.